The zero-order valence-electron chi connectivity index (χ0n) is 11.0. The summed E-state index contributed by atoms with van der Waals surface area (Å²) in [6.07, 6.45) is 3.66. The summed E-state index contributed by atoms with van der Waals surface area (Å²) in [5.74, 6) is 0. The number of aromatic nitrogens is 1. The van der Waals surface area contributed by atoms with Crippen molar-refractivity contribution >= 4 is 11.6 Å². The highest BCUT2D eigenvalue weighted by atomic mass is 35.5. The fraction of sp³-hybridized carbons (Fsp3) is 0.615. The SMILES string of the molecule is CNC(CCC(C)(C)OC)c1ncccc1Cl. The molecule has 0 saturated carbocycles. The third-order valence-electron chi connectivity index (χ3n) is 3.05. The van der Waals surface area contributed by atoms with Crippen LogP contribution in [0.25, 0.3) is 0 Å². The first-order valence-corrected chi connectivity index (χ1v) is 6.21. The topological polar surface area (TPSA) is 34.1 Å². The van der Waals surface area contributed by atoms with E-state index in [1.807, 2.05) is 19.2 Å². The van der Waals surface area contributed by atoms with Gasteiger partial charge in [-0.1, -0.05) is 11.6 Å². The van der Waals surface area contributed by atoms with Gasteiger partial charge in [0, 0.05) is 13.3 Å². The molecule has 1 atom stereocenters. The first-order valence-electron chi connectivity index (χ1n) is 5.83. The van der Waals surface area contributed by atoms with Gasteiger partial charge in [-0.3, -0.25) is 4.98 Å². The summed E-state index contributed by atoms with van der Waals surface area (Å²) in [4.78, 5) is 4.34. The van der Waals surface area contributed by atoms with E-state index in [2.05, 4.69) is 24.1 Å². The van der Waals surface area contributed by atoms with E-state index in [1.54, 1.807) is 13.3 Å². The van der Waals surface area contributed by atoms with Gasteiger partial charge in [0.15, 0.2) is 0 Å². The number of halogens is 1. The highest BCUT2D eigenvalue weighted by molar-refractivity contribution is 6.31. The van der Waals surface area contributed by atoms with E-state index >= 15 is 0 Å². The maximum Gasteiger partial charge on any atom is 0.0758 e. The molecular weight excluding hydrogens is 236 g/mol. The van der Waals surface area contributed by atoms with Gasteiger partial charge in [0.05, 0.1) is 22.4 Å². The van der Waals surface area contributed by atoms with Crippen LogP contribution in [-0.4, -0.2) is 24.7 Å². The predicted octanol–water partition coefficient (Wildman–Crippen LogP) is 3.20. The molecule has 0 radical (unpaired) electrons. The van der Waals surface area contributed by atoms with E-state index in [4.69, 9.17) is 16.3 Å². The maximum atomic E-state index is 6.15. The molecule has 1 unspecified atom stereocenters. The Balaban J connectivity index is 2.70. The maximum absolute atomic E-state index is 6.15. The van der Waals surface area contributed by atoms with Crippen molar-refractivity contribution in [2.45, 2.75) is 38.3 Å². The van der Waals surface area contributed by atoms with E-state index in [-0.39, 0.29) is 11.6 Å². The molecule has 0 spiro atoms. The Bertz CT molecular complexity index is 355. The van der Waals surface area contributed by atoms with Crippen LogP contribution in [0.2, 0.25) is 5.02 Å². The number of hydrogen-bond acceptors (Lipinski definition) is 3. The van der Waals surface area contributed by atoms with Crippen molar-refractivity contribution in [3.8, 4) is 0 Å². The fourth-order valence-corrected chi connectivity index (χ4v) is 1.92. The highest BCUT2D eigenvalue weighted by Gasteiger charge is 2.21. The average Bonchev–Trinajstić information content (AvgIpc) is 2.32. The Hall–Kier alpha value is -0.640. The third kappa shape index (κ3) is 4.26. The van der Waals surface area contributed by atoms with Crippen molar-refractivity contribution in [1.82, 2.24) is 10.3 Å². The number of methoxy groups -OCH3 is 1. The monoisotopic (exact) mass is 256 g/mol. The molecule has 0 fully saturated rings. The molecule has 4 heteroatoms. The van der Waals surface area contributed by atoms with Crippen LogP contribution in [0.5, 0.6) is 0 Å². The lowest BCUT2D eigenvalue weighted by Gasteiger charge is -2.25. The van der Waals surface area contributed by atoms with Crippen molar-refractivity contribution in [1.29, 1.82) is 0 Å². The lowest BCUT2D eigenvalue weighted by molar-refractivity contribution is 0.0117. The molecule has 17 heavy (non-hydrogen) atoms. The zero-order valence-corrected chi connectivity index (χ0v) is 11.7. The Kier molecular flexibility index (Phi) is 5.37. The molecule has 1 rings (SSSR count). The Labute approximate surface area is 109 Å². The standard InChI is InChI=1S/C13H21ClN2O/c1-13(2,17-4)8-7-11(15-3)12-10(14)6-5-9-16-12/h5-6,9,11,15H,7-8H2,1-4H3. The van der Waals surface area contributed by atoms with Gasteiger partial charge >= 0.3 is 0 Å². The number of hydrogen-bond donors (Lipinski definition) is 1. The van der Waals surface area contributed by atoms with Gasteiger partial charge in [-0.15, -0.1) is 0 Å². The fourth-order valence-electron chi connectivity index (χ4n) is 1.67. The molecule has 0 amide bonds. The van der Waals surface area contributed by atoms with Gasteiger partial charge in [-0.05, 0) is 45.9 Å². The first-order chi connectivity index (χ1) is 8.00. The van der Waals surface area contributed by atoms with Gasteiger partial charge in [0.2, 0.25) is 0 Å². The zero-order chi connectivity index (χ0) is 12.9. The average molecular weight is 257 g/mol. The predicted molar refractivity (Wildman–Crippen MR) is 71.4 cm³/mol. The Morgan fingerprint density at radius 2 is 2.24 bits per heavy atom. The Morgan fingerprint density at radius 1 is 1.53 bits per heavy atom. The summed E-state index contributed by atoms with van der Waals surface area (Å²) in [6.45, 7) is 4.17. The molecule has 3 nitrogen and oxygen atoms in total. The van der Waals surface area contributed by atoms with Gasteiger partial charge in [0.1, 0.15) is 0 Å². The molecule has 0 saturated heterocycles. The summed E-state index contributed by atoms with van der Waals surface area (Å²) in [7, 11) is 3.66. The van der Waals surface area contributed by atoms with E-state index in [0.717, 1.165) is 18.5 Å². The van der Waals surface area contributed by atoms with Crippen LogP contribution in [0, 0.1) is 0 Å². The molecular formula is C13H21ClN2O. The molecule has 1 aromatic rings. The van der Waals surface area contributed by atoms with Crippen molar-refractivity contribution < 1.29 is 4.74 Å². The first kappa shape index (κ1) is 14.4. The molecule has 0 aliphatic heterocycles. The van der Waals surface area contributed by atoms with Crippen LogP contribution in [0.15, 0.2) is 18.3 Å². The van der Waals surface area contributed by atoms with Gasteiger partial charge < -0.3 is 10.1 Å². The number of nitrogens with zero attached hydrogens (tertiary/aromatic N) is 1. The number of pyridine rings is 1. The smallest absolute Gasteiger partial charge is 0.0758 e. The molecule has 0 aromatic carbocycles. The molecule has 0 aliphatic carbocycles. The third-order valence-corrected chi connectivity index (χ3v) is 3.37. The van der Waals surface area contributed by atoms with Gasteiger partial charge in [-0.25, -0.2) is 0 Å². The summed E-state index contributed by atoms with van der Waals surface area (Å²) in [5, 5.41) is 3.96. The minimum Gasteiger partial charge on any atom is -0.379 e. The minimum absolute atomic E-state index is 0.115. The van der Waals surface area contributed by atoms with E-state index in [0.29, 0.717) is 5.02 Å². The Morgan fingerprint density at radius 3 is 2.76 bits per heavy atom. The largest absolute Gasteiger partial charge is 0.379 e. The second-order valence-electron chi connectivity index (χ2n) is 4.71. The van der Waals surface area contributed by atoms with Crippen molar-refractivity contribution in [2.75, 3.05) is 14.2 Å². The summed E-state index contributed by atoms with van der Waals surface area (Å²) < 4.78 is 5.42. The quantitative estimate of drug-likeness (QED) is 0.849. The summed E-state index contributed by atoms with van der Waals surface area (Å²) in [5.41, 5.74) is 0.791. The van der Waals surface area contributed by atoms with Crippen LogP contribution in [0.3, 0.4) is 0 Å². The van der Waals surface area contributed by atoms with Crippen LogP contribution < -0.4 is 5.32 Å². The van der Waals surface area contributed by atoms with Gasteiger partial charge in [-0.2, -0.15) is 0 Å². The highest BCUT2D eigenvalue weighted by Crippen LogP contribution is 2.27. The summed E-state index contributed by atoms with van der Waals surface area (Å²) in [6, 6.07) is 3.88. The molecule has 1 N–H and O–H groups in total. The number of rotatable bonds is 6. The van der Waals surface area contributed by atoms with Crippen LogP contribution in [-0.2, 0) is 4.74 Å². The minimum atomic E-state index is -0.115. The van der Waals surface area contributed by atoms with Gasteiger partial charge in [0.25, 0.3) is 0 Å². The van der Waals surface area contributed by atoms with E-state index in [1.165, 1.54) is 0 Å². The summed E-state index contributed by atoms with van der Waals surface area (Å²) >= 11 is 6.15. The van der Waals surface area contributed by atoms with Crippen molar-refractivity contribution in [3.05, 3.63) is 29.0 Å². The molecule has 96 valence electrons. The van der Waals surface area contributed by atoms with Crippen LogP contribution >= 0.6 is 11.6 Å². The molecule has 0 aliphatic rings. The lowest BCUT2D eigenvalue weighted by atomic mass is 9.97. The molecule has 0 bridgehead atoms. The second kappa shape index (κ2) is 6.34. The van der Waals surface area contributed by atoms with Crippen LogP contribution in [0.1, 0.15) is 38.4 Å². The van der Waals surface area contributed by atoms with E-state index in [9.17, 15) is 0 Å². The lowest BCUT2D eigenvalue weighted by Crippen LogP contribution is -2.26. The van der Waals surface area contributed by atoms with Crippen molar-refractivity contribution in [2.24, 2.45) is 0 Å². The normalized spacial score (nSPS) is 13.7. The second-order valence-corrected chi connectivity index (χ2v) is 5.12. The molecule has 1 aromatic heterocycles. The number of ether oxygens (including phenoxy) is 1. The number of nitrogens with one attached hydrogen (secondary N) is 1. The van der Waals surface area contributed by atoms with E-state index < -0.39 is 0 Å². The van der Waals surface area contributed by atoms with Crippen molar-refractivity contribution in [3.63, 3.8) is 0 Å². The van der Waals surface area contributed by atoms with Crippen LogP contribution in [0.4, 0.5) is 0 Å². The molecule has 1 heterocycles.